The van der Waals surface area contributed by atoms with Gasteiger partial charge >= 0.3 is 55.0 Å². The molecular formula is C69H111BBrCl2N16O15S3. The number of nitrogens with one attached hydrogen (secondary N) is 1. The van der Waals surface area contributed by atoms with Crippen molar-refractivity contribution in [2.45, 2.75) is 225 Å². The van der Waals surface area contributed by atoms with Crippen LogP contribution in [0.2, 0.25) is 0 Å². The van der Waals surface area contributed by atoms with Crippen molar-refractivity contribution in [1.29, 1.82) is 0 Å². The zero-order valence-corrected chi connectivity index (χ0v) is 70.2. The molecule has 0 spiro atoms. The predicted molar refractivity (Wildman–Crippen MR) is 417 cm³/mol. The van der Waals surface area contributed by atoms with E-state index >= 15 is 0 Å². The number of rotatable bonds is 16. The average Bonchev–Trinajstić information content (AvgIpc) is 1.66. The molecule has 1 radical (unpaired) electrons. The van der Waals surface area contributed by atoms with Gasteiger partial charge in [0.15, 0.2) is 11.4 Å². The Morgan fingerprint density at radius 1 is 0.607 bits per heavy atom. The number of ether oxygens (including phenoxy) is 4. The first kappa shape index (κ1) is 94.5. The topological polar surface area (TPSA) is 361 Å². The molecule has 0 unspecified atom stereocenters. The number of hydrogen-bond acceptors (Lipinski definition) is 22. The Hall–Kier alpha value is -6.70. The number of aliphatic hydroxyl groups excluding tert-OH is 1. The van der Waals surface area contributed by atoms with Gasteiger partial charge in [-0.15, -0.1) is 0 Å². The van der Waals surface area contributed by atoms with E-state index in [1.807, 2.05) is 130 Å². The molecule has 6 aromatic heterocycles. The number of alkyl carbamates (subject to hydrolysis) is 1. The predicted octanol–water partition coefficient (Wildman–Crippen LogP) is 12.7. The van der Waals surface area contributed by atoms with Crippen LogP contribution in [0.4, 0.5) is 14.4 Å². The Balaban J connectivity index is 0.000000322. The maximum absolute atomic E-state index is 12.0. The van der Waals surface area contributed by atoms with Crippen LogP contribution in [0.5, 0.6) is 0 Å². The number of carbonyl (C=O) groups is 5. The number of carbonyl (C=O) groups excluding carboxylic acids is 4. The SMILES string of the molecule is C.CN(Cc1cc(C2CC2)n(C)n1)C(=O)OC(C)(C)C.CN(Cc1nn(C)c(C2CC2)c1Br)C(=O)OC(C)(C)C.CNC(=O)OC(C)(C)C.COC(=O)c1cc(C2CC2)n(C)n1.Cn1nc(C(=O)O)cc1C1CC1.Cn1nc(CO)cc1C1CC1.Cn1nc(COS(C)(=O)=O)cc1C1CC1.O=S(Cl)Cl.[B]=NS. The number of halogens is 3. The summed E-state index contributed by atoms with van der Waals surface area (Å²) >= 11 is 6.81. The molecule has 3 N–H and O–H groups in total. The van der Waals surface area contributed by atoms with Gasteiger partial charge in [-0.2, -0.15) is 39.0 Å². The van der Waals surface area contributed by atoms with Gasteiger partial charge < -0.3 is 44.3 Å². The molecule has 599 valence electrons. The van der Waals surface area contributed by atoms with Crippen molar-refractivity contribution in [2.24, 2.45) is 46.6 Å². The van der Waals surface area contributed by atoms with Crippen LogP contribution >= 0.6 is 50.1 Å². The minimum absolute atomic E-state index is 0. The summed E-state index contributed by atoms with van der Waals surface area (Å²) < 4.78 is 70.1. The van der Waals surface area contributed by atoms with E-state index in [1.165, 1.54) is 114 Å². The third-order valence-electron chi connectivity index (χ3n) is 15.8. The fourth-order valence-corrected chi connectivity index (χ4v) is 11.3. The van der Waals surface area contributed by atoms with Gasteiger partial charge in [-0.05, 0) is 186 Å². The van der Waals surface area contributed by atoms with Gasteiger partial charge in [0.1, 0.15) is 23.4 Å². The van der Waals surface area contributed by atoms with Crippen LogP contribution in [0.15, 0.2) is 39.1 Å². The molecule has 6 heterocycles. The third-order valence-corrected chi connectivity index (χ3v) is 17.2. The first-order chi connectivity index (χ1) is 49.2. The number of esters is 1. The second kappa shape index (κ2) is 42.5. The molecular weight excluding hydrogens is 1550 g/mol. The molecule has 0 atom stereocenters. The van der Waals surface area contributed by atoms with Crippen molar-refractivity contribution in [2.75, 3.05) is 34.5 Å². The van der Waals surface area contributed by atoms with Crippen molar-refractivity contribution in [3.8, 4) is 0 Å². The number of hydrogen-bond donors (Lipinski definition) is 4. The van der Waals surface area contributed by atoms with E-state index in [1.54, 1.807) is 51.1 Å². The zero-order valence-electron chi connectivity index (χ0n) is 64.5. The van der Waals surface area contributed by atoms with Crippen LogP contribution in [0.1, 0.15) is 260 Å². The Kier molecular flexibility index (Phi) is 37.5. The molecule has 0 aliphatic heterocycles. The molecule has 6 aliphatic carbocycles. The van der Waals surface area contributed by atoms with Crippen molar-refractivity contribution in [1.82, 2.24) is 73.8 Å². The van der Waals surface area contributed by atoms with E-state index in [0.717, 1.165) is 39.2 Å². The van der Waals surface area contributed by atoms with Gasteiger partial charge in [-0.1, -0.05) is 7.43 Å². The second-order valence-corrected chi connectivity index (χ2v) is 34.5. The summed E-state index contributed by atoms with van der Waals surface area (Å²) in [4.78, 5) is 59.1. The minimum atomic E-state index is -3.38. The summed E-state index contributed by atoms with van der Waals surface area (Å²) in [7, 11) is 26.1. The van der Waals surface area contributed by atoms with Crippen molar-refractivity contribution in [3.63, 3.8) is 0 Å². The molecule has 38 heteroatoms. The summed E-state index contributed by atoms with van der Waals surface area (Å²) in [5.41, 5.74) is 9.61. The monoisotopic (exact) mass is 1660 g/mol. The summed E-state index contributed by atoms with van der Waals surface area (Å²) in [5.74, 6) is 2.45. The van der Waals surface area contributed by atoms with Crippen LogP contribution in [-0.2, 0) is 111 Å². The Labute approximate surface area is 656 Å². The van der Waals surface area contributed by atoms with Crippen LogP contribution in [0, 0.1) is 0 Å². The molecule has 6 aromatic rings. The fourth-order valence-electron chi connectivity index (χ4n) is 10.2. The number of carboxylic acid groups (broad SMARTS) is 1. The van der Waals surface area contributed by atoms with Crippen LogP contribution in [-0.4, -0.2) is 180 Å². The van der Waals surface area contributed by atoms with E-state index in [2.05, 4.69) is 113 Å². The number of aliphatic hydroxyl groups is 1. The van der Waals surface area contributed by atoms with Crippen LogP contribution in [0.3, 0.4) is 0 Å². The maximum atomic E-state index is 12.0. The Bertz CT molecular complexity index is 4020. The number of methoxy groups -OCH3 is 1. The summed E-state index contributed by atoms with van der Waals surface area (Å²) in [6.07, 6.45) is 14.7. The molecule has 6 fully saturated rings. The van der Waals surface area contributed by atoms with E-state index < -0.39 is 36.5 Å². The molecule has 6 aliphatic rings. The Morgan fingerprint density at radius 3 is 1.25 bits per heavy atom. The average molecular weight is 1660 g/mol. The van der Waals surface area contributed by atoms with Gasteiger partial charge in [-0.25, -0.2) is 28.2 Å². The standard InChI is InChI=1S/C14H22BrN3O2.C14H23N3O2.C9H14N2O3S.C9H12N2O2.C8H10N2O2.C8H12N2O.C6H13NO2.CH4.BHNS.Cl2OS/c1-14(2,3)20-13(19)17(4)8-10-11(15)12(9-6-7-9)18(5)16-10;1-14(2,3)19-13(18)16(4)9-11-8-12(10-6-7-10)17(5)15-11;1-11-9(7-3-4-7)5-8(10-11)6-14-15(2,12)13;1-11-8(6-3-4-6)5-7(10-11)9(12)13-2;1-10-7(5-2-3-5)4-6(9-10)8(11)12;1-10-8(6-2-3-6)4-7(5-11)9-10;1-6(2,3)9-5(8)7-4;;1-2-3;1-4(2)3/h9H,6-8H2,1-5H3;8,10H,6-7,9H2,1-5H3;5,7H,3-4,6H2,1-2H3;5-6H,3-4H2,1-2H3;4-5H,2-3H2,1H3,(H,11,12);4,6,11H,2-3,5H2,1H3;1-4H3,(H,7,8);1H4;3H;. The summed E-state index contributed by atoms with van der Waals surface area (Å²) in [6.45, 7) is 17.7. The van der Waals surface area contributed by atoms with E-state index in [4.69, 9.17) is 28.6 Å². The number of nitrogens with zero attached hydrogens (tertiary/aromatic N) is 15. The number of aryl methyl sites for hydroxylation is 6. The van der Waals surface area contributed by atoms with Crippen molar-refractivity contribution >= 4 is 107 Å². The van der Waals surface area contributed by atoms with E-state index in [0.29, 0.717) is 60.0 Å². The normalized spacial score (nSPS) is 14.9. The molecule has 0 bridgehead atoms. The van der Waals surface area contributed by atoms with Gasteiger partial charge in [0.2, 0.25) is 9.23 Å². The molecule has 3 amide bonds. The number of aromatic carboxylic acids is 1. The van der Waals surface area contributed by atoms with Gasteiger partial charge in [0.25, 0.3) is 10.1 Å². The van der Waals surface area contributed by atoms with Gasteiger partial charge in [0.05, 0.1) is 66.0 Å². The van der Waals surface area contributed by atoms with E-state index in [9.17, 15) is 32.4 Å². The number of carboxylic acids is 1. The van der Waals surface area contributed by atoms with Crippen molar-refractivity contribution in [3.05, 3.63) is 103 Å². The fraction of sp³-hybridized carbons (Fsp3) is 0.667. The quantitative estimate of drug-likeness (QED) is 0.0175. The Morgan fingerprint density at radius 2 is 0.935 bits per heavy atom. The number of amides is 3. The first-order valence-electron chi connectivity index (χ1n) is 34.4. The molecule has 6 saturated carbocycles. The van der Waals surface area contributed by atoms with Crippen LogP contribution < -0.4 is 5.32 Å². The molecule has 12 rings (SSSR count). The molecule has 0 saturated heterocycles. The second-order valence-electron chi connectivity index (χ2n) is 29.3. The molecule has 107 heavy (non-hydrogen) atoms. The first-order valence-corrected chi connectivity index (χ1v) is 40.3. The third kappa shape index (κ3) is 35.7. The van der Waals surface area contributed by atoms with E-state index in [-0.39, 0.29) is 56.2 Å². The van der Waals surface area contributed by atoms with Crippen molar-refractivity contribution < 1.29 is 69.9 Å². The molecule has 31 nitrogen and oxygen atoms in total. The zero-order chi connectivity index (χ0) is 80.1. The summed E-state index contributed by atoms with van der Waals surface area (Å²) in [5, 5.41) is 45.1. The number of thiol groups is 1. The number of aromatic nitrogens is 12. The molecule has 0 aromatic carbocycles. The van der Waals surface area contributed by atoms with Gasteiger partial charge in [-0.3, -0.25) is 32.3 Å². The summed E-state index contributed by atoms with van der Waals surface area (Å²) in [6, 6.07) is 9.50. The van der Waals surface area contributed by atoms with Crippen LogP contribution in [0.25, 0.3) is 0 Å². The van der Waals surface area contributed by atoms with Gasteiger partial charge in [0, 0.05) is 149 Å².